The first-order valence-corrected chi connectivity index (χ1v) is 11.2. The molecule has 0 aliphatic carbocycles. The Morgan fingerprint density at radius 3 is 2.17 bits per heavy atom. The predicted octanol–water partition coefficient (Wildman–Crippen LogP) is 3.69. The molecule has 2 aromatic carbocycles. The molecule has 0 atom stereocenters. The van der Waals surface area contributed by atoms with Crippen molar-refractivity contribution >= 4 is 38.7 Å². The van der Waals surface area contributed by atoms with Crippen molar-refractivity contribution in [2.24, 2.45) is 0 Å². The number of sulfonamides is 1. The van der Waals surface area contributed by atoms with Crippen molar-refractivity contribution in [2.75, 3.05) is 37.9 Å². The van der Waals surface area contributed by atoms with Crippen LogP contribution >= 0.6 is 12.2 Å². The molecular weight excluding hydrogens is 410 g/mol. The Labute approximate surface area is 177 Å². The number of benzene rings is 2. The van der Waals surface area contributed by atoms with Gasteiger partial charge in [-0.25, -0.2) is 8.42 Å². The molecule has 0 saturated carbocycles. The van der Waals surface area contributed by atoms with Crippen LogP contribution in [0.15, 0.2) is 47.4 Å². The summed E-state index contributed by atoms with van der Waals surface area (Å²) >= 11 is 5.39. The fraction of sp³-hybridized carbons (Fsp3) is 0.350. The fourth-order valence-electron chi connectivity index (χ4n) is 3.15. The van der Waals surface area contributed by atoms with Crippen molar-refractivity contribution < 1.29 is 17.9 Å². The van der Waals surface area contributed by atoms with Crippen molar-refractivity contribution in [3.63, 3.8) is 0 Å². The number of methoxy groups -OCH3 is 2. The predicted molar refractivity (Wildman–Crippen MR) is 118 cm³/mol. The minimum Gasteiger partial charge on any atom is -0.497 e. The van der Waals surface area contributed by atoms with E-state index in [9.17, 15) is 8.42 Å². The van der Waals surface area contributed by atoms with E-state index in [1.165, 1.54) is 17.5 Å². The van der Waals surface area contributed by atoms with E-state index < -0.39 is 10.0 Å². The second-order valence-electron chi connectivity index (χ2n) is 6.63. The van der Waals surface area contributed by atoms with Gasteiger partial charge in [0.2, 0.25) is 10.0 Å². The van der Waals surface area contributed by atoms with E-state index in [1.807, 2.05) is 24.3 Å². The van der Waals surface area contributed by atoms with Gasteiger partial charge in [-0.15, -0.1) is 0 Å². The van der Waals surface area contributed by atoms with Crippen LogP contribution in [0.3, 0.4) is 0 Å². The van der Waals surface area contributed by atoms with Crippen molar-refractivity contribution in [1.82, 2.24) is 4.31 Å². The number of nitrogens with one attached hydrogen (secondary N) is 2. The second kappa shape index (κ2) is 9.43. The fourth-order valence-corrected chi connectivity index (χ4v) is 5.06. The molecule has 156 valence electrons. The van der Waals surface area contributed by atoms with Crippen LogP contribution in [0.4, 0.5) is 11.4 Å². The lowest BCUT2D eigenvalue weighted by molar-refractivity contribution is 0.346. The summed E-state index contributed by atoms with van der Waals surface area (Å²) in [5, 5.41) is 6.35. The van der Waals surface area contributed by atoms with Crippen molar-refractivity contribution in [3.8, 4) is 11.5 Å². The van der Waals surface area contributed by atoms with Crippen LogP contribution in [0.5, 0.6) is 11.5 Å². The summed E-state index contributed by atoms with van der Waals surface area (Å²) in [4.78, 5) is 0.151. The highest BCUT2D eigenvalue weighted by Gasteiger charge is 2.29. The molecule has 0 bridgehead atoms. The van der Waals surface area contributed by atoms with Crippen LogP contribution in [0.2, 0.25) is 0 Å². The van der Waals surface area contributed by atoms with Gasteiger partial charge >= 0.3 is 0 Å². The van der Waals surface area contributed by atoms with Gasteiger partial charge in [-0.1, -0.05) is 6.42 Å². The summed E-state index contributed by atoms with van der Waals surface area (Å²) in [6, 6.07) is 12.2. The van der Waals surface area contributed by atoms with Crippen LogP contribution in [-0.2, 0) is 10.0 Å². The van der Waals surface area contributed by atoms with Gasteiger partial charge in [0.15, 0.2) is 5.11 Å². The van der Waals surface area contributed by atoms with Gasteiger partial charge in [0.25, 0.3) is 0 Å². The Kier molecular flexibility index (Phi) is 6.94. The van der Waals surface area contributed by atoms with Crippen molar-refractivity contribution in [3.05, 3.63) is 42.5 Å². The maximum atomic E-state index is 13.2. The maximum Gasteiger partial charge on any atom is 0.245 e. The number of nitrogens with zero attached hydrogens (tertiary/aromatic N) is 1. The molecule has 0 spiro atoms. The first-order chi connectivity index (χ1) is 13.9. The van der Waals surface area contributed by atoms with Crippen LogP contribution in [0.1, 0.15) is 19.3 Å². The molecule has 1 fully saturated rings. The average molecular weight is 436 g/mol. The van der Waals surface area contributed by atoms with E-state index in [4.69, 9.17) is 21.7 Å². The van der Waals surface area contributed by atoms with Crippen molar-refractivity contribution in [2.45, 2.75) is 24.2 Å². The molecular formula is C20H25N3O4S2. The van der Waals surface area contributed by atoms with Gasteiger partial charge in [-0.2, -0.15) is 4.31 Å². The molecule has 2 N–H and O–H groups in total. The van der Waals surface area contributed by atoms with Gasteiger partial charge in [-0.3, -0.25) is 0 Å². The normalized spacial score (nSPS) is 14.8. The second-order valence-corrected chi connectivity index (χ2v) is 8.95. The smallest absolute Gasteiger partial charge is 0.245 e. The van der Waals surface area contributed by atoms with E-state index in [2.05, 4.69) is 10.6 Å². The molecule has 0 aromatic heterocycles. The third-order valence-electron chi connectivity index (χ3n) is 4.72. The largest absolute Gasteiger partial charge is 0.497 e. The zero-order valence-corrected chi connectivity index (χ0v) is 18.1. The molecule has 1 aliphatic rings. The quantitative estimate of drug-likeness (QED) is 0.670. The van der Waals surface area contributed by atoms with Gasteiger partial charge in [0.05, 0.1) is 19.9 Å². The molecule has 0 unspecified atom stereocenters. The lowest BCUT2D eigenvalue weighted by atomic mass is 10.2. The minimum atomic E-state index is -3.67. The number of thiocarbonyl (C=S) groups is 1. The standard InChI is InChI=1S/C20H25N3O4S2/c1-26-16-8-6-15(7-9-16)21-20(28)22-18-11-10-17(27-2)14-19(18)29(24,25)23-12-4-3-5-13-23/h6-11,14H,3-5,12-13H2,1-2H3,(H2,21,22,28). The van der Waals surface area contributed by atoms with E-state index >= 15 is 0 Å². The molecule has 1 heterocycles. The Morgan fingerprint density at radius 2 is 1.55 bits per heavy atom. The average Bonchev–Trinajstić information content (AvgIpc) is 2.75. The lowest BCUT2D eigenvalue weighted by Crippen LogP contribution is -2.36. The summed E-state index contributed by atoms with van der Waals surface area (Å²) in [7, 11) is -0.557. The van der Waals surface area contributed by atoms with E-state index in [0.29, 0.717) is 24.5 Å². The highest BCUT2D eigenvalue weighted by Crippen LogP contribution is 2.30. The van der Waals surface area contributed by atoms with Crippen molar-refractivity contribution in [1.29, 1.82) is 0 Å². The summed E-state index contributed by atoms with van der Waals surface area (Å²) in [5.74, 6) is 1.21. The van der Waals surface area contributed by atoms with Gasteiger partial charge in [0, 0.05) is 24.8 Å². The summed E-state index contributed by atoms with van der Waals surface area (Å²) in [6.07, 6.45) is 2.78. The van der Waals surface area contributed by atoms with Gasteiger partial charge < -0.3 is 20.1 Å². The first-order valence-electron chi connectivity index (χ1n) is 9.34. The number of hydrogen-bond donors (Lipinski definition) is 2. The van der Waals surface area contributed by atoms with Crippen LogP contribution in [0.25, 0.3) is 0 Å². The van der Waals surface area contributed by atoms with Gasteiger partial charge in [0.1, 0.15) is 16.4 Å². The van der Waals surface area contributed by atoms with Crippen LogP contribution in [-0.4, -0.2) is 45.1 Å². The molecule has 29 heavy (non-hydrogen) atoms. The highest BCUT2D eigenvalue weighted by molar-refractivity contribution is 7.89. The number of anilines is 2. The van der Waals surface area contributed by atoms with Gasteiger partial charge in [-0.05, 0) is 61.5 Å². The van der Waals surface area contributed by atoms with Crippen LogP contribution in [0, 0.1) is 0 Å². The molecule has 7 nitrogen and oxygen atoms in total. The molecule has 3 rings (SSSR count). The first kappa shape index (κ1) is 21.4. The SMILES string of the molecule is COc1ccc(NC(=S)Nc2ccc(OC)cc2S(=O)(=O)N2CCCCC2)cc1. The Balaban J connectivity index is 1.83. The number of ether oxygens (including phenoxy) is 2. The molecule has 0 amide bonds. The minimum absolute atomic E-state index is 0.151. The van der Waals surface area contributed by atoms with E-state index in [-0.39, 0.29) is 10.0 Å². The Hall–Kier alpha value is -2.36. The third-order valence-corrected chi connectivity index (χ3v) is 6.86. The molecule has 9 heteroatoms. The van der Waals surface area contributed by atoms with Crippen LogP contribution < -0.4 is 20.1 Å². The molecule has 0 radical (unpaired) electrons. The Bertz CT molecular complexity index is 956. The monoisotopic (exact) mass is 435 g/mol. The number of rotatable bonds is 6. The molecule has 1 saturated heterocycles. The van der Waals surface area contributed by atoms with E-state index in [1.54, 1.807) is 19.2 Å². The molecule has 1 aliphatic heterocycles. The highest BCUT2D eigenvalue weighted by atomic mass is 32.2. The zero-order chi connectivity index (χ0) is 20.9. The third kappa shape index (κ3) is 5.17. The summed E-state index contributed by atoms with van der Waals surface area (Å²) in [5.41, 5.74) is 1.17. The topological polar surface area (TPSA) is 79.9 Å². The summed E-state index contributed by atoms with van der Waals surface area (Å²) < 4.78 is 38.4. The molecule has 2 aromatic rings. The maximum absolute atomic E-state index is 13.2. The number of piperidine rings is 1. The zero-order valence-electron chi connectivity index (χ0n) is 16.5. The summed E-state index contributed by atoms with van der Waals surface area (Å²) in [6.45, 7) is 1.04. The lowest BCUT2D eigenvalue weighted by Gasteiger charge is -2.27. The number of hydrogen-bond acceptors (Lipinski definition) is 5. The van der Waals surface area contributed by atoms with E-state index in [0.717, 1.165) is 30.7 Å². The Morgan fingerprint density at radius 1 is 0.931 bits per heavy atom.